The lowest BCUT2D eigenvalue weighted by molar-refractivity contribution is -0.117. The molecule has 1 saturated carbocycles. The number of rotatable bonds is 3. The van der Waals surface area contributed by atoms with Crippen molar-refractivity contribution in [2.45, 2.75) is 19.3 Å². The Morgan fingerprint density at radius 3 is 2.63 bits per heavy atom. The second-order valence-electron chi connectivity index (χ2n) is 5.67. The zero-order valence-electron chi connectivity index (χ0n) is 10.9. The van der Waals surface area contributed by atoms with E-state index >= 15 is 0 Å². The van der Waals surface area contributed by atoms with Crippen LogP contribution in [0, 0.1) is 17.7 Å². The van der Waals surface area contributed by atoms with Gasteiger partial charge in [-0.1, -0.05) is 18.6 Å². The number of nitrogens with zero attached hydrogens (tertiary/aromatic N) is 1. The third-order valence-corrected chi connectivity index (χ3v) is 4.32. The topological polar surface area (TPSA) is 32.3 Å². The molecule has 0 bridgehead atoms. The Labute approximate surface area is 112 Å². The number of amides is 1. The molecule has 1 aliphatic heterocycles. The summed E-state index contributed by atoms with van der Waals surface area (Å²) in [6, 6.07) is 6.29. The summed E-state index contributed by atoms with van der Waals surface area (Å²) in [5, 5.41) is 2.65. The summed E-state index contributed by atoms with van der Waals surface area (Å²) in [5.41, 5.74) is 0.270. The van der Waals surface area contributed by atoms with Gasteiger partial charge in [0.15, 0.2) is 0 Å². The van der Waals surface area contributed by atoms with Gasteiger partial charge >= 0.3 is 0 Å². The third-order valence-electron chi connectivity index (χ3n) is 4.32. The molecule has 1 heterocycles. The molecule has 1 amide bonds. The van der Waals surface area contributed by atoms with Gasteiger partial charge in [-0.3, -0.25) is 9.69 Å². The maximum Gasteiger partial charge on any atom is 0.238 e. The first kappa shape index (κ1) is 12.6. The van der Waals surface area contributed by atoms with E-state index in [1.54, 1.807) is 18.2 Å². The molecule has 0 spiro atoms. The van der Waals surface area contributed by atoms with Crippen LogP contribution in [0.3, 0.4) is 0 Å². The van der Waals surface area contributed by atoms with Crippen LogP contribution in [0.15, 0.2) is 24.3 Å². The lowest BCUT2D eigenvalue weighted by Gasteiger charge is -2.16. The Morgan fingerprint density at radius 2 is 1.95 bits per heavy atom. The molecule has 2 atom stereocenters. The van der Waals surface area contributed by atoms with Gasteiger partial charge in [-0.05, 0) is 36.8 Å². The molecule has 0 aromatic heterocycles. The highest BCUT2D eigenvalue weighted by molar-refractivity contribution is 5.92. The summed E-state index contributed by atoms with van der Waals surface area (Å²) in [7, 11) is 0. The number of anilines is 1. The van der Waals surface area contributed by atoms with Gasteiger partial charge in [0, 0.05) is 13.1 Å². The molecule has 1 saturated heterocycles. The second kappa shape index (κ2) is 5.29. The normalized spacial score (nSPS) is 26.4. The van der Waals surface area contributed by atoms with Crippen molar-refractivity contribution >= 4 is 11.6 Å². The van der Waals surface area contributed by atoms with Crippen molar-refractivity contribution < 1.29 is 9.18 Å². The maximum atomic E-state index is 13.4. The van der Waals surface area contributed by atoms with E-state index in [0.717, 1.165) is 24.9 Å². The molecule has 4 heteroatoms. The van der Waals surface area contributed by atoms with Crippen LogP contribution in [-0.2, 0) is 4.79 Å². The van der Waals surface area contributed by atoms with E-state index in [9.17, 15) is 9.18 Å². The van der Waals surface area contributed by atoms with Crippen molar-refractivity contribution in [1.82, 2.24) is 4.90 Å². The Balaban J connectivity index is 1.53. The molecule has 102 valence electrons. The molecule has 1 aromatic carbocycles. The SMILES string of the molecule is O=C(CN1CC2CCCC2C1)Nc1ccccc1F. The van der Waals surface area contributed by atoms with Gasteiger partial charge in [0.25, 0.3) is 0 Å². The monoisotopic (exact) mass is 262 g/mol. The molecule has 2 unspecified atom stereocenters. The minimum atomic E-state index is -0.380. The van der Waals surface area contributed by atoms with Crippen LogP contribution in [0.4, 0.5) is 10.1 Å². The summed E-state index contributed by atoms with van der Waals surface area (Å²) >= 11 is 0. The van der Waals surface area contributed by atoms with Crippen LogP contribution in [0.2, 0.25) is 0 Å². The van der Waals surface area contributed by atoms with E-state index < -0.39 is 0 Å². The standard InChI is InChI=1S/C15H19FN2O/c16-13-6-1-2-7-14(13)17-15(19)10-18-8-11-4-3-5-12(11)9-18/h1-2,6-7,11-12H,3-5,8-10H2,(H,17,19). The molecule has 2 aliphatic rings. The second-order valence-corrected chi connectivity index (χ2v) is 5.67. The fourth-order valence-corrected chi connectivity index (χ4v) is 3.42. The lowest BCUT2D eigenvalue weighted by atomic mass is 10.0. The average Bonchev–Trinajstić information content (AvgIpc) is 2.92. The molecule has 3 rings (SSSR count). The fraction of sp³-hybridized carbons (Fsp3) is 0.533. The number of benzene rings is 1. The van der Waals surface area contributed by atoms with E-state index in [0.29, 0.717) is 6.54 Å². The zero-order valence-corrected chi connectivity index (χ0v) is 10.9. The van der Waals surface area contributed by atoms with Gasteiger partial charge in [-0.25, -0.2) is 4.39 Å². The van der Waals surface area contributed by atoms with Gasteiger partial charge in [0.1, 0.15) is 5.82 Å². The smallest absolute Gasteiger partial charge is 0.238 e. The Hall–Kier alpha value is -1.42. The summed E-state index contributed by atoms with van der Waals surface area (Å²) in [6.07, 6.45) is 3.94. The average molecular weight is 262 g/mol. The van der Waals surface area contributed by atoms with Crippen molar-refractivity contribution in [3.05, 3.63) is 30.1 Å². The Bertz CT molecular complexity index is 465. The van der Waals surface area contributed by atoms with E-state index in [2.05, 4.69) is 10.2 Å². The van der Waals surface area contributed by atoms with Crippen molar-refractivity contribution in [3.8, 4) is 0 Å². The van der Waals surface area contributed by atoms with Crippen molar-refractivity contribution in [2.24, 2.45) is 11.8 Å². The van der Waals surface area contributed by atoms with Gasteiger partial charge in [0.2, 0.25) is 5.91 Å². The van der Waals surface area contributed by atoms with Crippen LogP contribution < -0.4 is 5.32 Å². The number of fused-ring (bicyclic) bond motifs is 1. The first-order valence-corrected chi connectivity index (χ1v) is 6.99. The molecule has 1 aliphatic carbocycles. The molecule has 1 aromatic rings. The van der Waals surface area contributed by atoms with Gasteiger partial charge in [0.05, 0.1) is 12.2 Å². The summed E-state index contributed by atoms with van der Waals surface area (Å²) in [6.45, 7) is 2.42. The van der Waals surface area contributed by atoms with Gasteiger partial charge in [-0.15, -0.1) is 0 Å². The lowest BCUT2D eigenvalue weighted by Crippen LogP contribution is -2.32. The molecule has 19 heavy (non-hydrogen) atoms. The molecular weight excluding hydrogens is 243 g/mol. The van der Waals surface area contributed by atoms with Crippen LogP contribution in [-0.4, -0.2) is 30.4 Å². The van der Waals surface area contributed by atoms with Gasteiger partial charge in [-0.2, -0.15) is 0 Å². The third kappa shape index (κ3) is 2.78. The summed E-state index contributed by atoms with van der Waals surface area (Å²) < 4.78 is 13.4. The summed E-state index contributed by atoms with van der Waals surface area (Å²) in [5.74, 6) is 1.06. The molecular formula is C15H19FN2O. The first-order valence-electron chi connectivity index (χ1n) is 6.99. The van der Waals surface area contributed by atoms with Crippen molar-refractivity contribution in [2.75, 3.05) is 25.0 Å². The number of hydrogen-bond acceptors (Lipinski definition) is 2. The molecule has 3 nitrogen and oxygen atoms in total. The van der Waals surface area contributed by atoms with Crippen LogP contribution in [0.5, 0.6) is 0 Å². The van der Waals surface area contributed by atoms with E-state index in [-0.39, 0.29) is 17.4 Å². The number of carbonyl (C=O) groups excluding carboxylic acids is 1. The largest absolute Gasteiger partial charge is 0.322 e. The highest BCUT2D eigenvalue weighted by atomic mass is 19.1. The minimum Gasteiger partial charge on any atom is -0.322 e. The van der Waals surface area contributed by atoms with E-state index in [4.69, 9.17) is 0 Å². The number of halogens is 1. The van der Waals surface area contributed by atoms with Gasteiger partial charge < -0.3 is 5.32 Å². The predicted molar refractivity (Wildman–Crippen MR) is 72.3 cm³/mol. The van der Waals surface area contributed by atoms with Crippen LogP contribution in [0.25, 0.3) is 0 Å². The van der Waals surface area contributed by atoms with Crippen molar-refractivity contribution in [3.63, 3.8) is 0 Å². The molecule has 0 radical (unpaired) electrons. The number of para-hydroxylation sites is 1. The highest BCUT2D eigenvalue weighted by Gasteiger charge is 2.36. The number of hydrogen-bond donors (Lipinski definition) is 1. The predicted octanol–water partition coefficient (Wildman–Crippen LogP) is 2.50. The van der Waals surface area contributed by atoms with E-state index in [1.807, 2.05) is 0 Å². The zero-order chi connectivity index (χ0) is 13.2. The quantitative estimate of drug-likeness (QED) is 0.907. The fourth-order valence-electron chi connectivity index (χ4n) is 3.42. The highest BCUT2D eigenvalue weighted by Crippen LogP contribution is 2.37. The van der Waals surface area contributed by atoms with Crippen molar-refractivity contribution in [1.29, 1.82) is 0 Å². The number of carbonyl (C=O) groups is 1. The molecule has 2 fully saturated rings. The maximum absolute atomic E-state index is 13.4. The van der Waals surface area contributed by atoms with Crippen LogP contribution in [0.1, 0.15) is 19.3 Å². The molecule has 1 N–H and O–H groups in total. The van der Waals surface area contributed by atoms with E-state index in [1.165, 1.54) is 25.3 Å². The number of nitrogens with one attached hydrogen (secondary N) is 1. The Morgan fingerprint density at radius 1 is 1.26 bits per heavy atom. The number of likely N-dealkylation sites (tertiary alicyclic amines) is 1. The minimum absolute atomic E-state index is 0.120. The summed E-state index contributed by atoms with van der Waals surface area (Å²) in [4.78, 5) is 14.1. The first-order chi connectivity index (χ1) is 9.22. The Kier molecular flexibility index (Phi) is 3.51. The van der Waals surface area contributed by atoms with Crippen LogP contribution >= 0.6 is 0 Å².